The first-order valence-corrected chi connectivity index (χ1v) is 6.14. The lowest BCUT2D eigenvalue weighted by Crippen LogP contribution is -2.17. The Morgan fingerprint density at radius 3 is 2.56 bits per heavy atom. The largest absolute Gasteiger partial charge is 0.490 e. The molecule has 0 bridgehead atoms. The summed E-state index contributed by atoms with van der Waals surface area (Å²) in [4.78, 5) is 0. The van der Waals surface area contributed by atoms with Gasteiger partial charge in [-0.05, 0) is 43.9 Å². The molecule has 2 N–H and O–H groups in total. The average molecular weight is 221 g/mol. The van der Waals surface area contributed by atoms with Crippen LogP contribution in [0.5, 0.6) is 5.75 Å². The van der Waals surface area contributed by atoms with E-state index in [9.17, 15) is 0 Å². The second-order valence-corrected chi connectivity index (χ2v) is 4.35. The maximum atomic E-state index is 5.93. The fourth-order valence-electron chi connectivity index (χ4n) is 1.73. The van der Waals surface area contributed by atoms with Gasteiger partial charge in [-0.15, -0.1) is 0 Å². The smallest absolute Gasteiger partial charge is 0.123 e. The van der Waals surface area contributed by atoms with Gasteiger partial charge in [0.05, 0.1) is 6.10 Å². The Morgan fingerprint density at radius 1 is 1.25 bits per heavy atom. The van der Waals surface area contributed by atoms with Crippen LogP contribution in [0.2, 0.25) is 0 Å². The van der Waals surface area contributed by atoms with Crippen molar-refractivity contribution < 1.29 is 4.74 Å². The van der Waals surface area contributed by atoms with E-state index in [1.54, 1.807) is 0 Å². The van der Waals surface area contributed by atoms with Crippen molar-refractivity contribution in [1.82, 2.24) is 0 Å². The number of rotatable bonds is 6. The Balaban J connectivity index is 2.78. The first kappa shape index (κ1) is 13.0. The summed E-state index contributed by atoms with van der Waals surface area (Å²) in [6, 6.07) is 8.30. The first-order chi connectivity index (χ1) is 7.69. The molecule has 1 aromatic rings. The van der Waals surface area contributed by atoms with Gasteiger partial charge in [0.2, 0.25) is 0 Å². The third-order valence-corrected chi connectivity index (χ3v) is 2.96. The second-order valence-electron chi connectivity index (χ2n) is 4.35. The average Bonchev–Trinajstić information content (AvgIpc) is 2.29. The molecule has 2 nitrogen and oxygen atoms in total. The molecule has 0 spiro atoms. The highest BCUT2D eigenvalue weighted by Gasteiger charge is 2.11. The van der Waals surface area contributed by atoms with Crippen LogP contribution in [-0.4, -0.2) is 12.6 Å². The maximum absolute atomic E-state index is 5.93. The molecule has 0 aromatic heterocycles. The number of ether oxygens (including phenoxy) is 1. The number of benzene rings is 1. The van der Waals surface area contributed by atoms with E-state index in [0.29, 0.717) is 12.5 Å². The van der Waals surface area contributed by atoms with Gasteiger partial charge in [0.25, 0.3) is 0 Å². The van der Waals surface area contributed by atoms with E-state index in [-0.39, 0.29) is 6.10 Å². The Morgan fingerprint density at radius 2 is 1.94 bits per heavy atom. The highest BCUT2D eigenvalue weighted by molar-refractivity contribution is 5.36. The lowest BCUT2D eigenvalue weighted by molar-refractivity contribution is 0.211. The van der Waals surface area contributed by atoms with Gasteiger partial charge in [-0.1, -0.05) is 32.0 Å². The van der Waals surface area contributed by atoms with Gasteiger partial charge in [-0.25, -0.2) is 0 Å². The molecular formula is C14H23NO. The minimum Gasteiger partial charge on any atom is -0.490 e. The van der Waals surface area contributed by atoms with Crippen molar-refractivity contribution in [1.29, 1.82) is 0 Å². The van der Waals surface area contributed by atoms with Crippen molar-refractivity contribution in [3.8, 4) is 5.75 Å². The van der Waals surface area contributed by atoms with Crippen LogP contribution in [0.4, 0.5) is 0 Å². The van der Waals surface area contributed by atoms with Crippen LogP contribution in [-0.2, 0) is 0 Å². The summed E-state index contributed by atoms with van der Waals surface area (Å²) in [5, 5.41) is 0. The molecule has 0 aliphatic heterocycles. The lowest BCUT2D eigenvalue weighted by Gasteiger charge is -2.19. The summed E-state index contributed by atoms with van der Waals surface area (Å²) in [6.07, 6.45) is 2.22. The third kappa shape index (κ3) is 3.53. The molecule has 0 fully saturated rings. The van der Waals surface area contributed by atoms with Crippen molar-refractivity contribution in [2.75, 3.05) is 6.54 Å². The Bertz CT molecular complexity index is 311. The zero-order chi connectivity index (χ0) is 12.0. The molecule has 0 saturated heterocycles. The van der Waals surface area contributed by atoms with E-state index < -0.39 is 0 Å². The standard InChI is InChI=1S/C14H23NO/c1-4-11(2)13-7-5-6-8-14(13)16-12(3)9-10-15/h5-8,11-12H,4,9-10,15H2,1-3H3. The molecule has 2 atom stereocenters. The molecule has 0 heterocycles. The van der Waals surface area contributed by atoms with Gasteiger partial charge in [0, 0.05) is 0 Å². The molecule has 1 rings (SSSR count). The molecule has 2 unspecified atom stereocenters. The van der Waals surface area contributed by atoms with E-state index >= 15 is 0 Å². The van der Waals surface area contributed by atoms with Gasteiger partial charge in [0.1, 0.15) is 5.75 Å². The van der Waals surface area contributed by atoms with E-state index in [4.69, 9.17) is 10.5 Å². The lowest BCUT2D eigenvalue weighted by atomic mass is 9.98. The van der Waals surface area contributed by atoms with Gasteiger partial charge < -0.3 is 10.5 Å². The Labute approximate surface area is 98.8 Å². The number of para-hydroxylation sites is 1. The van der Waals surface area contributed by atoms with Crippen LogP contribution in [0.25, 0.3) is 0 Å². The molecule has 2 heteroatoms. The van der Waals surface area contributed by atoms with Crippen LogP contribution in [0, 0.1) is 0 Å². The van der Waals surface area contributed by atoms with Crippen LogP contribution in [0.15, 0.2) is 24.3 Å². The summed E-state index contributed by atoms with van der Waals surface area (Å²) in [6.45, 7) is 7.17. The Kier molecular flexibility index (Phi) is 5.33. The SMILES string of the molecule is CCC(C)c1ccccc1OC(C)CCN. The molecular weight excluding hydrogens is 198 g/mol. The summed E-state index contributed by atoms with van der Waals surface area (Å²) in [5.74, 6) is 1.55. The van der Waals surface area contributed by atoms with Gasteiger partial charge >= 0.3 is 0 Å². The second kappa shape index (κ2) is 6.54. The highest BCUT2D eigenvalue weighted by atomic mass is 16.5. The normalized spacial score (nSPS) is 14.5. The van der Waals surface area contributed by atoms with Crippen LogP contribution >= 0.6 is 0 Å². The van der Waals surface area contributed by atoms with Crippen molar-refractivity contribution in [3.63, 3.8) is 0 Å². The minimum absolute atomic E-state index is 0.190. The first-order valence-electron chi connectivity index (χ1n) is 6.14. The fourth-order valence-corrected chi connectivity index (χ4v) is 1.73. The van der Waals surface area contributed by atoms with Crippen LogP contribution < -0.4 is 10.5 Å². The predicted octanol–water partition coefficient (Wildman–Crippen LogP) is 3.32. The van der Waals surface area contributed by atoms with Crippen molar-refractivity contribution in [2.24, 2.45) is 5.73 Å². The molecule has 0 radical (unpaired) electrons. The quantitative estimate of drug-likeness (QED) is 0.799. The van der Waals surface area contributed by atoms with Gasteiger partial charge in [-0.2, -0.15) is 0 Å². The summed E-state index contributed by atoms with van der Waals surface area (Å²) in [5.41, 5.74) is 6.83. The highest BCUT2D eigenvalue weighted by Crippen LogP contribution is 2.29. The monoisotopic (exact) mass is 221 g/mol. The summed E-state index contributed by atoms with van der Waals surface area (Å²) in [7, 11) is 0. The molecule has 1 aromatic carbocycles. The van der Waals surface area contributed by atoms with E-state index in [2.05, 4.69) is 39.0 Å². The van der Waals surface area contributed by atoms with Gasteiger partial charge in [0.15, 0.2) is 0 Å². The zero-order valence-corrected chi connectivity index (χ0v) is 10.6. The predicted molar refractivity (Wildman–Crippen MR) is 68.9 cm³/mol. The molecule has 0 aliphatic carbocycles. The third-order valence-electron chi connectivity index (χ3n) is 2.96. The Hall–Kier alpha value is -1.02. The maximum Gasteiger partial charge on any atom is 0.123 e. The van der Waals surface area contributed by atoms with E-state index in [1.807, 2.05) is 6.07 Å². The van der Waals surface area contributed by atoms with E-state index in [0.717, 1.165) is 18.6 Å². The van der Waals surface area contributed by atoms with Crippen LogP contribution in [0.3, 0.4) is 0 Å². The fraction of sp³-hybridized carbons (Fsp3) is 0.571. The molecule has 0 saturated carbocycles. The number of hydrogen-bond acceptors (Lipinski definition) is 2. The summed E-state index contributed by atoms with van der Waals surface area (Å²) < 4.78 is 5.93. The molecule has 90 valence electrons. The van der Waals surface area contributed by atoms with Crippen molar-refractivity contribution in [2.45, 2.75) is 45.6 Å². The van der Waals surface area contributed by atoms with Crippen molar-refractivity contribution in [3.05, 3.63) is 29.8 Å². The molecule has 16 heavy (non-hydrogen) atoms. The molecule has 0 aliphatic rings. The topological polar surface area (TPSA) is 35.2 Å². The van der Waals surface area contributed by atoms with Gasteiger partial charge in [-0.3, -0.25) is 0 Å². The summed E-state index contributed by atoms with van der Waals surface area (Å²) >= 11 is 0. The molecule has 0 amide bonds. The van der Waals surface area contributed by atoms with Crippen LogP contribution in [0.1, 0.15) is 45.1 Å². The number of nitrogens with two attached hydrogens (primary N) is 1. The zero-order valence-electron chi connectivity index (χ0n) is 10.6. The van der Waals surface area contributed by atoms with Crippen molar-refractivity contribution >= 4 is 0 Å². The van der Waals surface area contributed by atoms with E-state index in [1.165, 1.54) is 5.56 Å². The minimum atomic E-state index is 0.190. The number of hydrogen-bond donors (Lipinski definition) is 1.